The second kappa shape index (κ2) is 6.19. The van der Waals surface area contributed by atoms with Crippen molar-refractivity contribution in [3.8, 4) is 24.3 Å². The summed E-state index contributed by atoms with van der Waals surface area (Å²) in [6.45, 7) is 3.72. The molecule has 0 bridgehead atoms. The molecule has 1 rings (SSSR count). The van der Waals surface area contributed by atoms with Crippen molar-refractivity contribution in [1.29, 1.82) is 21.0 Å². The van der Waals surface area contributed by atoms with Crippen LogP contribution in [0.3, 0.4) is 0 Å². The molecule has 0 saturated carbocycles. The zero-order chi connectivity index (χ0) is 14.4. The highest BCUT2D eigenvalue weighted by Crippen LogP contribution is 2.33. The van der Waals surface area contributed by atoms with Gasteiger partial charge in [-0.05, 0) is 19.3 Å². The maximum atomic E-state index is 9.36. The third-order valence-electron chi connectivity index (χ3n) is 4.03. The average molecular weight is 256 g/mol. The van der Waals surface area contributed by atoms with Gasteiger partial charge in [0.2, 0.25) is 0 Å². The van der Waals surface area contributed by atoms with Crippen LogP contribution in [-0.4, -0.2) is 29.7 Å². The highest BCUT2D eigenvalue weighted by molar-refractivity contribution is 5.30. The number of hydrogen-bond donors (Lipinski definition) is 0. The first-order valence-corrected chi connectivity index (χ1v) is 6.63. The molecule has 5 heteroatoms. The molecule has 5 nitrogen and oxygen atoms in total. The van der Waals surface area contributed by atoms with Gasteiger partial charge in [0, 0.05) is 0 Å². The van der Waals surface area contributed by atoms with Crippen molar-refractivity contribution in [2.75, 3.05) is 19.6 Å². The van der Waals surface area contributed by atoms with Crippen molar-refractivity contribution in [3.63, 3.8) is 0 Å². The van der Waals surface area contributed by atoms with Gasteiger partial charge < -0.3 is 0 Å². The maximum absolute atomic E-state index is 9.36. The van der Waals surface area contributed by atoms with Gasteiger partial charge in [0.1, 0.15) is 0 Å². The molecular weight excluding hydrogens is 238 g/mol. The summed E-state index contributed by atoms with van der Waals surface area (Å²) in [5.41, 5.74) is -1.68. The van der Waals surface area contributed by atoms with Crippen LogP contribution in [0.2, 0.25) is 0 Å². The van der Waals surface area contributed by atoms with Crippen molar-refractivity contribution < 1.29 is 4.48 Å². The van der Waals surface area contributed by atoms with E-state index in [2.05, 4.69) is 6.07 Å². The smallest absolute Gasteiger partial charge is 0.281 e. The molecular formula is C14H18N5+. The Bertz CT molecular complexity index is 448. The van der Waals surface area contributed by atoms with Crippen LogP contribution in [-0.2, 0) is 0 Å². The van der Waals surface area contributed by atoms with Crippen LogP contribution in [0.4, 0.5) is 0 Å². The van der Waals surface area contributed by atoms with Crippen molar-refractivity contribution in [2.24, 2.45) is 5.92 Å². The monoisotopic (exact) mass is 256 g/mol. The average Bonchev–Trinajstić information content (AvgIpc) is 2.47. The number of nitrogens with zero attached hydrogens (tertiary/aromatic N) is 5. The minimum absolute atomic E-state index is 0.141. The maximum Gasteiger partial charge on any atom is 0.358 e. The number of quaternary nitrogens is 1. The van der Waals surface area contributed by atoms with Gasteiger partial charge in [-0.2, -0.15) is 21.0 Å². The van der Waals surface area contributed by atoms with Crippen molar-refractivity contribution in [3.05, 3.63) is 0 Å². The third-order valence-corrected chi connectivity index (χ3v) is 4.03. The largest absolute Gasteiger partial charge is 0.358 e. The van der Waals surface area contributed by atoms with Crippen molar-refractivity contribution in [1.82, 2.24) is 0 Å². The second-order valence-corrected chi connectivity index (χ2v) is 5.14. The van der Waals surface area contributed by atoms with Crippen LogP contribution in [0.1, 0.15) is 32.6 Å². The third kappa shape index (κ3) is 2.53. The van der Waals surface area contributed by atoms with Crippen LogP contribution < -0.4 is 0 Å². The second-order valence-electron chi connectivity index (χ2n) is 5.14. The van der Waals surface area contributed by atoms with E-state index < -0.39 is 5.54 Å². The highest BCUT2D eigenvalue weighted by atomic mass is 15.4. The molecule has 0 radical (unpaired) electrons. The molecule has 0 aromatic rings. The summed E-state index contributed by atoms with van der Waals surface area (Å²) < 4.78 is 0.141. The Morgan fingerprint density at radius 3 is 2.26 bits per heavy atom. The van der Waals surface area contributed by atoms with Crippen molar-refractivity contribution in [2.45, 2.75) is 38.1 Å². The van der Waals surface area contributed by atoms with Crippen LogP contribution >= 0.6 is 0 Å². The molecule has 2 atom stereocenters. The lowest BCUT2D eigenvalue weighted by molar-refractivity contribution is -0.958. The van der Waals surface area contributed by atoms with E-state index in [1.54, 1.807) is 0 Å². The van der Waals surface area contributed by atoms with Crippen LogP contribution in [0.5, 0.6) is 0 Å². The summed E-state index contributed by atoms with van der Waals surface area (Å²) in [5.74, 6) is -0.167. The summed E-state index contributed by atoms with van der Waals surface area (Å²) in [4.78, 5) is 0. The van der Waals surface area contributed by atoms with Gasteiger partial charge in [-0.25, -0.2) is 0 Å². The zero-order valence-electron chi connectivity index (χ0n) is 11.3. The number of piperidine rings is 1. The minimum Gasteiger partial charge on any atom is -0.281 e. The first-order chi connectivity index (χ1) is 9.13. The predicted molar refractivity (Wildman–Crippen MR) is 67.7 cm³/mol. The molecule has 1 aliphatic heterocycles. The number of unbranched alkanes of at least 4 members (excludes halogenated alkanes) is 1. The van der Waals surface area contributed by atoms with Gasteiger partial charge >= 0.3 is 5.54 Å². The molecule has 0 aliphatic carbocycles. The first-order valence-electron chi connectivity index (χ1n) is 6.63. The molecule has 1 heterocycles. The molecule has 0 N–H and O–H groups in total. The molecule has 0 spiro atoms. The molecule has 1 fully saturated rings. The quantitative estimate of drug-likeness (QED) is 0.717. The van der Waals surface area contributed by atoms with E-state index in [-0.39, 0.29) is 10.4 Å². The Hall–Kier alpha value is -2.08. The van der Waals surface area contributed by atoms with E-state index in [1.165, 1.54) is 0 Å². The molecule has 1 aliphatic rings. The normalized spacial score (nSPS) is 26.5. The van der Waals surface area contributed by atoms with Gasteiger partial charge in [0.15, 0.2) is 18.2 Å². The Morgan fingerprint density at radius 1 is 1.16 bits per heavy atom. The number of nitriles is 4. The fourth-order valence-corrected chi connectivity index (χ4v) is 2.88. The van der Waals surface area contributed by atoms with Crippen molar-refractivity contribution >= 4 is 0 Å². The van der Waals surface area contributed by atoms with Gasteiger partial charge in [-0.3, -0.25) is 4.48 Å². The van der Waals surface area contributed by atoms with E-state index in [9.17, 15) is 15.8 Å². The van der Waals surface area contributed by atoms with Gasteiger partial charge in [-0.1, -0.05) is 13.3 Å². The molecule has 2 unspecified atom stereocenters. The topological polar surface area (TPSA) is 95.2 Å². The van der Waals surface area contributed by atoms with E-state index in [1.807, 2.05) is 25.1 Å². The summed E-state index contributed by atoms with van der Waals surface area (Å²) in [5, 5.41) is 37.2. The fourth-order valence-electron chi connectivity index (χ4n) is 2.88. The Morgan fingerprint density at radius 2 is 1.79 bits per heavy atom. The molecule has 1 saturated heterocycles. The van der Waals surface area contributed by atoms with E-state index in [0.29, 0.717) is 19.6 Å². The lowest BCUT2D eigenvalue weighted by atomic mass is 9.88. The van der Waals surface area contributed by atoms with E-state index in [0.717, 1.165) is 25.7 Å². The van der Waals surface area contributed by atoms with E-state index in [4.69, 9.17) is 5.26 Å². The van der Waals surface area contributed by atoms with E-state index >= 15 is 0 Å². The summed E-state index contributed by atoms with van der Waals surface area (Å²) in [7, 11) is 0. The minimum atomic E-state index is -1.68. The summed E-state index contributed by atoms with van der Waals surface area (Å²) >= 11 is 0. The van der Waals surface area contributed by atoms with Crippen LogP contribution in [0.25, 0.3) is 0 Å². The SMILES string of the molecule is CCCC[N+]1(C(C#N)(C#N)C#N)CCCC(C#N)C1. The number of likely N-dealkylation sites (tertiary alicyclic amines) is 1. The highest BCUT2D eigenvalue weighted by Gasteiger charge is 2.55. The first kappa shape index (κ1) is 15.0. The van der Waals surface area contributed by atoms with Crippen LogP contribution in [0, 0.1) is 51.2 Å². The summed E-state index contributed by atoms with van der Waals surface area (Å²) in [6, 6.07) is 7.99. The summed E-state index contributed by atoms with van der Waals surface area (Å²) in [6.07, 6.45) is 3.37. The molecule has 0 amide bonds. The lowest BCUT2D eigenvalue weighted by Gasteiger charge is -2.46. The zero-order valence-corrected chi connectivity index (χ0v) is 11.3. The fraction of sp³-hybridized carbons (Fsp3) is 0.714. The Kier molecular flexibility index (Phi) is 4.88. The number of rotatable bonds is 4. The molecule has 0 aromatic carbocycles. The lowest BCUT2D eigenvalue weighted by Crippen LogP contribution is -2.66. The molecule has 98 valence electrons. The Labute approximate surface area is 114 Å². The van der Waals surface area contributed by atoms with Crippen LogP contribution in [0.15, 0.2) is 0 Å². The Balaban J connectivity index is 3.21. The predicted octanol–water partition coefficient (Wildman–Crippen LogP) is 1.85. The molecule has 0 aromatic heterocycles. The standard InChI is InChI=1S/C14H18N5/c1-2-3-6-19(14(10-16,11-17)12-18)7-4-5-13(8-15)9-19/h13H,2-7,9H2,1H3/q+1. The van der Waals surface area contributed by atoms with Gasteiger partial charge in [-0.15, -0.1) is 0 Å². The van der Waals surface area contributed by atoms with Gasteiger partial charge in [0.05, 0.1) is 31.6 Å². The van der Waals surface area contributed by atoms with Gasteiger partial charge in [0.25, 0.3) is 0 Å². The number of hydrogen-bond acceptors (Lipinski definition) is 4. The molecule has 19 heavy (non-hydrogen) atoms.